The molecule has 0 bridgehead atoms. The maximum atomic E-state index is 11.6. The van der Waals surface area contributed by atoms with Gasteiger partial charge in [0.2, 0.25) is 0 Å². The summed E-state index contributed by atoms with van der Waals surface area (Å²) >= 11 is 0. The quantitative estimate of drug-likeness (QED) is 0.523. The Labute approximate surface area is 125 Å². The molecule has 1 fully saturated rings. The molecule has 2 unspecified atom stereocenters. The van der Waals surface area contributed by atoms with Crippen LogP contribution in [0, 0.1) is 5.92 Å². The monoisotopic (exact) mass is 302 g/mol. The van der Waals surface area contributed by atoms with Crippen molar-refractivity contribution in [3.8, 4) is 0 Å². The smallest absolute Gasteiger partial charge is 0.315 e. The molecule has 0 spiro atoms. The molecular formula is C14H26N2O5. The number of aliphatic carboxylic acids is 1. The van der Waals surface area contributed by atoms with Crippen molar-refractivity contribution in [3.05, 3.63) is 0 Å². The van der Waals surface area contributed by atoms with E-state index in [4.69, 9.17) is 14.6 Å². The van der Waals surface area contributed by atoms with Crippen LogP contribution in [0.1, 0.15) is 32.1 Å². The van der Waals surface area contributed by atoms with Crippen LogP contribution in [0.2, 0.25) is 0 Å². The number of hydrogen-bond donors (Lipinski definition) is 3. The fourth-order valence-corrected chi connectivity index (χ4v) is 2.35. The molecule has 2 atom stereocenters. The highest BCUT2D eigenvalue weighted by atomic mass is 16.5. The van der Waals surface area contributed by atoms with E-state index in [1.54, 1.807) is 7.11 Å². The Hall–Kier alpha value is -1.34. The fourth-order valence-electron chi connectivity index (χ4n) is 2.35. The highest BCUT2D eigenvalue weighted by Gasteiger charge is 2.30. The molecule has 1 aliphatic carbocycles. The summed E-state index contributed by atoms with van der Waals surface area (Å²) in [5.74, 6) is -1.09. The van der Waals surface area contributed by atoms with Crippen molar-refractivity contribution in [2.75, 3.05) is 33.5 Å². The zero-order valence-electron chi connectivity index (χ0n) is 12.6. The minimum absolute atomic E-state index is 0.0246. The van der Waals surface area contributed by atoms with E-state index in [9.17, 15) is 9.59 Å². The predicted octanol–water partition coefficient (Wildman–Crippen LogP) is 0.982. The molecule has 1 saturated carbocycles. The standard InChI is InChI=1S/C14H26N2O5/c1-20-8-9-21-7-3-2-6-15-14(19)16-12-5-4-11(10-12)13(17)18/h11-12H,2-10H2,1H3,(H,17,18)(H2,15,16,19). The normalized spacial score (nSPS) is 21.2. The summed E-state index contributed by atoms with van der Waals surface area (Å²) in [5, 5.41) is 14.5. The first-order chi connectivity index (χ1) is 10.1. The van der Waals surface area contributed by atoms with Gasteiger partial charge >= 0.3 is 12.0 Å². The second-order valence-corrected chi connectivity index (χ2v) is 5.26. The average molecular weight is 302 g/mol. The summed E-state index contributed by atoms with van der Waals surface area (Å²) in [6.45, 7) is 2.44. The van der Waals surface area contributed by atoms with Gasteiger partial charge in [-0.05, 0) is 32.1 Å². The van der Waals surface area contributed by atoms with Gasteiger partial charge in [0, 0.05) is 26.3 Å². The lowest BCUT2D eigenvalue weighted by Crippen LogP contribution is -2.41. The minimum Gasteiger partial charge on any atom is -0.481 e. The summed E-state index contributed by atoms with van der Waals surface area (Å²) < 4.78 is 10.2. The largest absolute Gasteiger partial charge is 0.481 e. The van der Waals surface area contributed by atoms with Gasteiger partial charge < -0.3 is 25.2 Å². The van der Waals surface area contributed by atoms with Crippen LogP contribution < -0.4 is 10.6 Å². The maximum absolute atomic E-state index is 11.6. The van der Waals surface area contributed by atoms with E-state index in [-0.39, 0.29) is 18.0 Å². The molecular weight excluding hydrogens is 276 g/mol. The van der Waals surface area contributed by atoms with Gasteiger partial charge in [-0.15, -0.1) is 0 Å². The van der Waals surface area contributed by atoms with E-state index in [0.29, 0.717) is 39.2 Å². The Morgan fingerprint density at radius 3 is 2.67 bits per heavy atom. The lowest BCUT2D eigenvalue weighted by Gasteiger charge is -2.13. The number of methoxy groups -OCH3 is 1. The molecule has 0 radical (unpaired) electrons. The van der Waals surface area contributed by atoms with Crippen LogP contribution in [0.25, 0.3) is 0 Å². The fraction of sp³-hybridized carbons (Fsp3) is 0.857. The van der Waals surface area contributed by atoms with Crippen molar-refractivity contribution in [1.82, 2.24) is 10.6 Å². The first-order valence-electron chi connectivity index (χ1n) is 7.47. The first kappa shape index (κ1) is 17.7. The molecule has 7 nitrogen and oxygen atoms in total. The van der Waals surface area contributed by atoms with Crippen molar-refractivity contribution >= 4 is 12.0 Å². The Balaban J connectivity index is 1.96. The summed E-state index contributed by atoms with van der Waals surface area (Å²) in [6, 6.07) is -0.241. The van der Waals surface area contributed by atoms with Crippen LogP contribution in [0.4, 0.5) is 4.79 Å². The minimum atomic E-state index is -0.770. The molecule has 0 heterocycles. The van der Waals surface area contributed by atoms with Crippen LogP contribution >= 0.6 is 0 Å². The molecule has 0 saturated heterocycles. The third-order valence-electron chi connectivity index (χ3n) is 3.55. The number of carboxylic acid groups (broad SMARTS) is 1. The maximum Gasteiger partial charge on any atom is 0.315 e. The summed E-state index contributed by atoms with van der Waals surface area (Å²) in [4.78, 5) is 22.5. The molecule has 21 heavy (non-hydrogen) atoms. The van der Waals surface area contributed by atoms with Crippen LogP contribution in [0.5, 0.6) is 0 Å². The Kier molecular flexibility index (Phi) is 8.77. The highest BCUT2D eigenvalue weighted by Crippen LogP contribution is 2.25. The number of carbonyl (C=O) groups is 2. The van der Waals surface area contributed by atoms with E-state index < -0.39 is 5.97 Å². The second-order valence-electron chi connectivity index (χ2n) is 5.26. The zero-order valence-corrected chi connectivity index (χ0v) is 12.6. The number of hydrogen-bond acceptors (Lipinski definition) is 4. The number of nitrogens with one attached hydrogen (secondary N) is 2. The van der Waals surface area contributed by atoms with Gasteiger partial charge in [-0.1, -0.05) is 0 Å². The lowest BCUT2D eigenvalue weighted by atomic mass is 10.1. The predicted molar refractivity (Wildman–Crippen MR) is 77.2 cm³/mol. The summed E-state index contributed by atoms with van der Waals surface area (Å²) in [5.41, 5.74) is 0. The van der Waals surface area contributed by atoms with Gasteiger partial charge in [0.25, 0.3) is 0 Å². The third-order valence-corrected chi connectivity index (χ3v) is 3.55. The van der Waals surface area contributed by atoms with Crippen LogP contribution in [-0.4, -0.2) is 56.6 Å². The van der Waals surface area contributed by atoms with Gasteiger partial charge in [-0.3, -0.25) is 4.79 Å². The molecule has 2 amide bonds. The number of rotatable bonds is 10. The van der Waals surface area contributed by atoms with Crippen LogP contribution in [0.15, 0.2) is 0 Å². The van der Waals surface area contributed by atoms with Crippen molar-refractivity contribution in [1.29, 1.82) is 0 Å². The van der Waals surface area contributed by atoms with Gasteiger partial charge in [-0.25, -0.2) is 4.79 Å². The Morgan fingerprint density at radius 1 is 1.19 bits per heavy atom. The zero-order chi connectivity index (χ0) is 15.5. The Morgan fingerprint density at radius 2 is 2.00 bits per heavy atom. The summed E-state index contributed by atoms with van der Waals surface area (Å²) in [7, 11) is 1.63. The molecule has 3 N–H and O–H groups in total. The molecule has 122 valence electrons. The van der Waals surface area contributed by atoms with E-state index in [1.165, 1.54) is 0 Å². The van der Waals surface area contributed by atoms with Gasteiger partial charge in [0.15, 0.2) is 0 Å². The molecule has 0 aromatic heterocycles. The number of carbonyl (C=O) groups excluding carboxylic acids is 1. The van der Waals surface area contributed by atoms with Crippen molar-refractivity contribution < 1.29 is 24.2 Å². The van der Waals surface area contributed by atoms with Gasteiger partial charge in [-0.2, -0.15) is 0 Å². The molecule has 7 heteroatoms. The van der Waals surface area contributed by atoms with Crippen LogP contribution in [0.3, 0.4) is 0 Å². The molecule has 0 aromatic carbocycles. The average Bonchev–Trinajstić information content (AvgIpc) is 2.90. The SMILES string of the molecule is COCCOCCCCNC(=O)NC1CCC(C(=O)O)C1. The molecule has 0 aromatic rings. The van der Waals surface area contributed by atoms with E-state index in [1.807, 2.05) is 0 Å². The number of urea groups is 1. The molecule has 1 rings (SSSR count). The molecule has 1 aliphatic rings. The van der Waals surface area contributed by atoms with Gasteiger partial charge in [0.05, 0.1) is 19.1 Å². The van der Waals surface area contributed by atoms with E-state index in [2.05, 4.69) is 10.6 Å². The lowest BCUT2D eigenvalue weighted by molar-refractivity contribution is -0.141. The number of unbranched alkanes of at least 4 members (excludes halogenated alkanes) is 1. The second kappa shape index (κ2) is 10.4. The first-order valence-corrected chi connectivity index (χ1v) is 7.47. The van der Waals surface area contributed by atoms with Crippen LogP contribution in [-0.2, 0) is 14.3 Å². The van der Waals surface area contributed by atoms with Crippen molar-refractivity contribution in [3.63, 3.8) is 0 Å². The van der Waals surface area contributed by atoms with Crippen molar-refractivity contribution in [2.45, 2.75) is 38.1 Å². The number of ether oxygens (including phenoxy) is 2. The molecule has 0 aliphatic heterocycles. The highest BCUT2D eigenvalue weighted by molar-refractivity contribution is 5.75. The Bertz CT molecular complexity index is 324. The van der Waals surface area contributed by atoms with E-state index in [0.717, 1.165) is 19.3 Å². The summed E-state index contributed by atoms with van der Waals surface area (Å²) in [6.07, 6.45) is 3.63. The van der Waals surface area contributed by atoms with E-state index >= 15 is 0 Å². The third kappa shape index (κ3) is 7.87. The topological polar surface area (TPSA) is 96.9 Å². The number of amides is 2. The number of carboxylic acids is 1. The van der Waals surface area contributed by atoms with Crippen molar-refractivity contribution in [2.24, 2.45) is 5.92 Å². The van der Waals surface area contributed by atoms with Gasteiger partial charge in [0.1, 0.15) is 0 Å².